The molecule has 1 aromatic heterocycles. The van der Waals surface area contributed by atoms with Crippen molar-refractivity contribution in [2.24, 2.45) is 0 Å². The number of esters is 1. The van der Waals surface area contributed by atoms with E-state index in [0.29, 0.717) is 11.3 Å². The molecular formula is C21H17NO3. The molecule has 0 bridgehead atoms. The molecule has 0 spiro atoms. The third kappa shape index (κ3) is 4.18. The lowest BCUT2D eigenvalue weighted by Gasteiger charge is -2.10. The minimum absolute atomic E-state index is 0.230. The zero-order valence-corrected chi connectivity index (χ0v) is 13.8. The van der Waals surface area contributed by atoms with Crippen molar-refractivity contribution in [3.8, 4) is 0 Å². The van der Waals surface area contributed by atoms with Crippen molar-refractivity contribution in [1.82, 2.24) is 4.98 Å². The zero-order chi connectivity index (χ0) is 17.6. The molecule has 1 heterocycles. The van der Waals surface area contributed by atoms with Crippen LogP contribution >= 0.6 is 0 Å². The van der Waals surface area contributed by atoms with Crippen LogP contribution < -0.4 is 0 Å². The van der Waals surface area contributed by atoms with E-state index in [2.05, 4.69) is 4.98 Å². The number of carbonyl (C=O) groups is 2. The summed E-state index contributed by atoms with van der Waals surface area (Å²) in [6, 6.07) is 20.3. The second kappa shape index (κ2) is 7.53. The number of hydrogen-bond donors (Lipinski definition) is 0. The first-order valence-electron chi connectivity index (χ1n) is 7.97. The summed E-state index contributed by atoms with van der Waals surface area (Å²) in [4.78, 5) is 28.6. The molecule has 4 heteroatoms. The molecule has 0 aliphatic heterocycles. The van der Waals surface area contributed by atoms with Crippen molar-refractivity contribution in [2.45, 2.75) is 13.0 Å². The Balaban J connectivity index is 1.64. The number of ketones is 1. The topological polar surface area (TPSA) is 56.3 Å². The maximum atomic E-state index is 12.2. The summed E-state index contributed by atoms with van der Waals surface area (Å²) in [6.45, 7) is 1.56. The first-order chi connectivity index (χ1) is 12.1. The van der Waals surface area contributed by atoms with Crippen LogP contribution in [0, 0.1) is 0 Å². The Morgan fingerprint density at radius 3 is 2.48 bits per heavy atom. The van der Waals surface area contributed by atoms with Crippen LogP contribution in [0.1, 0.15) is 23.0 Å². The van der Waals surface area contributed by atoms with Crippen molar-refractivity contribution in [1.29, 1.82) is 0 Å². The summed E-state index contributed by atoms with van der Waals surface area (Å²) in [6.07, 6.45) is 2.02. The van der Waals surface area contributed by atoms with E-state index in [1.165, 1.54) is 6.08 Å². The first kappa shape index (κ1) is 16.6. The molecule has 1 unspecified atom stereocenters. The number of aromatic nitrogens is 1. The molecule has 0 aliphatic rings. The molecule has 1 atom stereocenters. The largest absolute Gasteiger partial charge is 0.451 e. The zero-order valence-electron chi connectivity index (χ0n) is 13.8. The maximum absolute atomic E-state index is 12.2. The van der Waals surface area contributed by atoms with Crippen LogP contribution in [-0.2, 0) is 9.53 Å². The molecule has 3 aromatic rings. The minimum atomic E-state index is -0.843. The number of pyridine rings is 1. The molecule has 0 N–H and O–H groups in total. The predicted molar refractivity (Wildman–Crippen MR) is 97.1 cm³/mol. The van der Waals surface area contributed by atoms with Gasteiger partial charge in [-0.15, -0.1) is 0 Å². The SMILES string of the molecule is CC(OC(=O)/C=C/c1ccc2ccccc2n1)C(=O)c1ccccc1. The van der Waals surface area contributed by atoms with E-state index in [4.69, 9.17) is 4.74 Å². The summed E-state index contributed by atoms with van der Waals surface area (Å²) < 4.78 is 5.17. The predicted octanol–water partition coefficient (Wildman–Crippen LogP) is 4.06. The standard InChI is InChI=1S/C21H17NO3/c1-15(21(24)17-8-3-2-4-9-17)25-20(23)14-13-18-12-11-16-7-5-6-10-19(16)22-18/h2-15H,1H3/b14-13+. The van der Waals surface area contributed by atoms with E-state index in [1.54, 1.807) is 37.3 Å². The van der Waals surface area contributed by atoms with Crippen LogP contribution in [0.5, 0.6) is 0 Å². The molecule has 124 valence electrons. The van der Waals surface area contributed by atoms with Crippen LogP contribution in [0.4, 0.5) is 0 Å². The number of rotatable bonds is 5. The Bertz CT molecular complexity index is 932. The summed E-state index contributed by atoms with van der Waals surface area (Å²) in [5.41, 5.74) is 2.02. The smallest absolute Gasteiger partial charge is 0.331 e. The quantitative estimate of drug-likeness (QED) is 0.402. The van der Waals surface area contributed by atoms with E-state index >= 15 is 0 Å². The lowest BCUT2D eigenvalue weighted by atomic mass is 10.1. The molecule has 0 saturated heterocycles. The van der Waals surface area contributed by atoms with Crippen molar-refractivity contribution in [2.75, 3.05) is 0 Å². The number of benzene rings is 2. The van der Waals surface area contributed by atoms with Gasteiger partial charge < -0.3 is 4.74 Å². The van der Waals surface area contributed by atoms with Gasteiger partial charge in [-0.05, 0) is 25.1 Å². The number of Topliss-reactive ketones (excluding diaryl/α,β-unsaturated/α-hetero) is 1. The van der Waals surface area contributed by atoms with Crippen molar-refractivity contribution in [3.63, 3.8) is 0 Å². The van der Waals surface area contributed by atoms with E-state index < -0.39 is 12.1 Å². The molecular weight excluding hydrogens is 314 g/mol. The van der Waals surface area contributed by atoms with Crippen LogP contribution in [0.3, 0.4) is 0 Å². The molecule has 0 aliphatic carbocycles. The van der Waals surface area contributed by atoms with Gasteiger partial charge in [0, 0.05) is 17.0 Å². The van der Waals surface area contributed by atoms with Gasteiger partial charge in [-0.3, -0.25) is 4.79 Å². The highest BCUT2D eigenvalue weighted by Crippen LogP contribution is 2.13. The molecule has 2 aromatic carbocycles. The third-order valence-corrected chi connectivity index (χ3v) is 3.73. The average Bonchev–Trinajstić information content (AvgIpc) is 2.66. The van der Waals surface area contributed by atoms with Gasteiger partial charge in [-0.2, -0.15) is 0 Å². The summed E-state index contributed by atoms with van der Waals surface area (Å²) in [5.74, 6) is -0.807. The highest BCUT2D eigenvalue weighted by Gasteiger charge is 2.17. The van der Waals surface area contributed by atoms with Crippen molar-refractivity contribution in [3.05, 3.63) is 84.1 Å². The Kier molecular flexibility index (Phi) is 5.00. The maximum Gasteiger partial charge on any atom is 0.331 e. The van der Waals surface area contributed by atoms with Gasteiger partial charge in [-0.1, -0.05) is 54.6 Å². The molecule has 25 heavy (non-hydrogen) atoms. The first-order valence-corrected chi connectivity index (χ1v) is 7.97. The van der Waals surface area contributed by atoms with Crippen LogP contribution in [0.2, 0.25) is 0 Å². The van der Waals surface area contributed by atoms with E-state index in [1.807, 2.05) is 42.5 Å². The fourth-order valence-corrected chi connectivity index (χ4v) is 2.43. The fourth-order valence-electron chi connectivity index (χ4n) is 2.43. The second-order valence-corrected chi connectivity index (χ2v) is 5.57. The molecule has 3 rings (SSSR count). The normalized spacial score (nSPS) is 12.2. The highest BCUT2D eigenvalue weighted by molar-refractivity contribution is 6.01. The molecule has 0 radical (unpaired) electrons. The minimum Gasteiger partial charge on any atom is -0.451 e. The number of nitrogens with zero attached hydrogens (tertiary/aromatic N) is 1. The van der Waals surface area contributed by atoms with Crippen LogP contribution in [0.15, 0.2) is 72.8 Å². The summed E-state index contributed by atoms with van der Waals surface area (Å²) >= 11 is 0. The van der Waals surface area contributed by atoms with Crippen LogP contribution in [0.25, 0.3) is 17.0 Å². The molecule has 0 amide bonds. The van der Waals surface area contributed by atoms with Gasteiger partial charge >= 0.3 is 5.97 Å². The van der Waals surface area contributed by atoms with Gasteiger partial charge in [0.15, 0.2) is 6.10 Å². The van der Waals surface area contributed by atoms with Crippen molar-refractivity contribution >= 4 is 28.7 Å². The van der Waals surface area contributed by atoms with Gasteiger partial charge in [0.2, 0.25) is 5.78 Å². The molecule has 0 fully saturated rings. The van der Waals surface area contributed by atoms with Gasteiger partial charge in [-0.25, -0.2) is 9.78 Å². The monoisotopic (exact) mass is 331 g/mol. The Morgan fingerprint density at radius 2 is 1.68 bits per heavy atom. The average molecular weight is 331 g/mol. The number of fused-ring (bicyclic) bond motifs is 1. The Hall–Kier alpha value is -3.27. The lowest BCUT2D eigenvalue weighted by molar-refractivity contribution is -0.140. The van der Waals surface area contributed by atoms with Gasteiger partial charge in [0.1, 0.15) is 0 Å². The van der Waals surface area contributed by atoms with Gasteiger partial charge in [0.25, 0.3) is 0 Å². The molecule has 4 nitrogen and oxygen atoms in total. The number of para-hydroxylation sites is 1. The number of hydrogen-bond acceptors (Lipinski definition) is 4. The lowest BCUT2D eigenvalue weighted by Crippen LogP contribution is -2.23. The van der Waals surface area contributed by atoms with E-state index in [0.717, 1.165) is 10.9 Å². The number of carbonyl (C=O) groups excluding carboxylic acids is 2. The van der Waals surface area contributed by atoms with Gasteiger partial charge in [0.05, 0.1) is 11.2 Å². The molecule has 0 saturated carbocycles. The number of ether oxygens (including phenoxy) is 1. The van der Waals surface area contributed by atoms with Crippen molar-refractivity contribution < 1.29 is 14.3 Å². The second-order valence-electron chi connectivity index (χ2n) is 5.57. The fraction of sp³-hybridized carbons (Fsp3) is 0.0952. The summed E-state index contributed by atoms with van der Waals surface area (Å²) in [5, 5.41) is 1.03. The van der Waals surface area contributed by atoms with E-state index in [9.17, 15) is 9.59 Å². The Labute approximate surface area is 145 Å². The third-order valence-electron chi connectivity index (χ3n) is 3.73. The highest BCUT2D eigenvalue weighted by atomic mass is 16.5. The van der Waals surface area contributed by atoms with Crippen LogP contribution in [-0.4, -0.2) is 22.8 Å². The Morgan fingerprint density at radius 1 is 0.960 bits per heavy atom. The van der Waals surface area contributed by atoms with E-state index in [-0.39, 0.29) is 5.78 Å². The summed E-state index contributed by atoms with van der Waals surface area (Å²) in [7, 11) is 0.